The van der Waals surface area contributed by atoms with Gasteiger partial charge in [-0.25, -0.2) is 4.39 Å². The van der Waals surface area contributed by atoms with Gasteiger partial charge in [-0.3, -0.25) is 0 Å². The molecule has 0 aliphatic carbocycles. The quantitative estimate of drug-likeness (QED) is 0.758. The smallest absolute Gasteiger partial charge is 0.124 e. The summed E-state index contributed by atoms with van der Waals surface area (Å²) in [5.41, 5.74) is 2.34. The molecule has 1 N–H and O–H groups in total. The van der Waals surface area contributed by atoms with E-state index in [1.54, 1.807) is 19.1 Å². The fourth-order valence-corrected chi connectivity index (χ4v) is 1.56. The first kappa shape index (κ1) is 12.3. The molecule has 0 saturated carbocycles. The molecular weight excluding hydrogens is 227 g/mol. The summed E-state index contributed by atoms with van der Waals surface area (Å²) in [6.45, 7) is 1.72. The average molecular weight is 240 g/mol. The standard InChI is InChI=1S/C16H13FO/c1-12(18)15-9-7-13(8-10-15)5-6-14-3-2-4-16(17)11-14/h2-4,7-12,18H,1H3/t12-/m0/s1. The van der Waals surface area contributed by atoms with Gasteiger partial charge >= 0.3 is 0 Å². The summed E-state index contributed by atoms with van der Waals surface area (Å²) in [5, 5.41) is 9.38. The Balaban J connectivity index is 2.20. The minimum absolute atomic E-state index is 0.286. The topological polar surface area (TPSA) is 20.2 Å². The van der Waals surface area contributed by atoms with Crippen LogP contribution in [0, 0.1) is 17.7 Å². The predicted octanol–water partition coefficient (Wildman–Crippen LogP) is 3.28. The van der Waals surface area contributed by atoms with Gasteiger partial charge in [-0.2, -0.15) is 0 Å². The van der Waals surface area contributed by atoms with Crippen molar-refractivity contribution in [2.24, 2.45) is 0 Å². The van der Waals surface area contributed by atoms with Crippen LogP contribution >= 0.6 is 0 Å². The van der Waals surface area contributed by atoms with Gasteiger partial charge in [-0.1, -0.05) is 30.0 Å². The average Bonchev–Trinajstić information content (AvgIpc) is 2.37. The summed E-state index contributed by atoms with van der Waals surface area (Å²) in [5.74, 6) is 5.57. The first-order chi connectivity index (χ1) is 8.65. The van der Waals surface area contributed by atoms with E-state index in [2.05, 4.69) is 11.8 Å². The fourth-order valence-electron chi connectivity index (χ4n) is 1.56. The monoisotopic (exact) mass is 240 g/mol. The molecule has 0 aromatic heterocycles. The van der Waals surface area contributed by atoms with Crippen molar-refractivity contribution in [2.45, 2.75) is 13.0 Å². The molecule has 0 radical (unpaired) electrons. The van der Waals surface area contributed by atoms with Crippen LogP contribution in [0.2, 0.25) is 0 Å². The summed E-state index contributed by atoms with van der Waals surface area (Å²) in [7, 11) is 0. The van der Waals surface area contributed by atoms with E-state index >= 15 is 0 Å². The van der Waals surface area contributed by atoms with Gasteiger partial charge in [0.1, 0.15) is 5.82 Å². The van der Waals surface area contributed by atoms with Crippen LogP contribution in [0.25, 0.3) is 0 Å². The molecule has 2 aromatic rings. The van der Waals surface area contributed by atoms with E-state index in [-0.39, 0.29) is 5.82 Å². The van der Waals surface area contributed by atoms with Crippen LogP contribution < -0.4 is 0 Å². The van der Waals surface area contributed by atoms with Gasteiger partial charge in [0.15, 0.2) is 0 Å². The third-order valence-electron chi connectivity index (χ3n) is 2.57. The van der Waals surface area contributed by atoms with E-state index in [4.69, 9.17) is 0 Å². The lowest BCUT2D eigenvalue weighted by Gasteiger charge is -2.02. The second-order valence-electron chi connectivity index (χ2n) is 4.06. The number of rotatable bonds is 1. The molecule has 2 aromatic carbocycles. The summed E-state index contributed by atoms with van der Waals surface area (Å²) in [6.07, 6.45) is -0.477. The van der Waals surface area contributed by atoms with Crippen LogP contribution in [0.5, 0.6) is 0 Å². The molecule has 2 rings (SSSR count). The minimum Gasteiger partial charge on any atom is -0.389 e. The van der Waals surface area contributed by atoms with Crippen LogP contribution in [0.3, 0.4) is 0 Å². The number of aliphatic hydroxyl groups excluding tert-OH is 1. The minimum atomic E-state index is -0.477. The van der Waals surface area contributed by atoms with Gasteiger partial charge in [0.2, 0.25) is 0 Å². The molecule has 0 fully saturated rings. The maximum atomic E-state index is 12.9. The van der Waals surface area contributed by atoms with E-state index in [1.165, 1.54) is 12.1 Å². The second-order valence-corrected chi connectivity index (χ2v) is 4.06. The maximum Gasteiger partial charge on any atom is 0.124 e. The molecule has 0 aliphatic heterocycles. The maximum absolute atomic E-state index is 12.9. The first-order valence-electron chi connectivity index (χ1n) is 5.71. The largest absolute Gasteiger partial charge is 0.389 e. The van der Waals surface area contributed by atoms with Crippen molar-refractivity contribution in [3.8, 4) is 11.8 Å². The van der Waals surface area contributed by atoms with Crippen molar-refractivity contribution in [3.05, 3.63) is 71.0 Å². The normalized spacial score (nSPS) is 11.5. The molecule has 0 saturated heterocycles. The number of hydrogen-bond donors (Lipinski definition) is 1. The second kappa shape index (κ2) is 5.48. The SMILES string of the molecule is C[C@H](O)c1ccc(C#Cc2cccc(F)c2)cc1. The van der Waals surface area contributed by atoms with Crippen molar-refractivity contribution >= 4 is 0 Å². The molecule has 90 valence electrons. The van der Waals surface area contributed by atoms with Gasteiger partial charge in [-0.05, 0) is 42.8 Å². The fraction of sp³-hybridized carbons (Fsp3) is 0.125. The lowest BCUT2D eigenvalue weighted by atomic mass is 10.1. The Labute approximate surface area is 106 Å². The van der Waals surface area contributed by atoms with E-state index in [0.29, 0.717) is 5.56 Å². The molecule has 0 unspecified atom stereocenters. The molecule has 1 nitrogen and oxygen atoms in total. The Kier molecular flexibility index (Phi) is 3.76. The predicted molar refractivity (Wildman–Crippen MR) is 69.5 cm³/mol. The van der Waals surface area contributed by atoms with Gasteiger partial charge in [0.05, 0.1) is 6.10 Å². The molecule has 1 atom stereocenters. The van der Waals surface area contributed by atoms with E-state index in [9.17, 15) is 9.50 Å². The third-order valence-corrected chi connectivity index (χ3v) is 2.57. The lowest BCUT2D eigenvalue weighted by molar-refractivity contribution is 0.199. The molecule has 0 aliphatic rings. The number of hydrogen-bond acceptors (Lipinski definition) is 1. The highest BCUT2D eigenvalue weighted by atomic mass is 19.1. The van der Waals surface area contributed by atoms with Crippen molar-refractivity contribution < 1.29 is 9.50 Å². The molecule has 18 heavy (non-hydrogen) atoms. The zero-order valence-electron chi connectivity index (χ0n) is 10.0. The molecule has 0 amide bonds. The summed E-state index contributed by atoms with van der Waals surface area (Å²) in [6, 6.07) is 13.5. The van der Waals surface area contributed by atoms with E-state index in [1.807, 2.05) is 24.3 Å². The molecular formula is C16H13FO. The van der Waals surface area contributed by atoms with Crippen LogP contribution in [-0.2, 0) is 0 Å². The van der Waals surface area contributed by atoms with Crippen molar-refractivity contribution in [2.75, 3.05) is 0 Å². The van der Waals surface area contributed by atoms with Crippen molar-refractivity contribution in [3.63, 3.8) is 0 Å². The Morgan fingerprint density at radius 2 is 1.67 bits per heavy atom. The number of benzene rings is 2. The van der Waals surface area contributed by atoms with E-state index in [0.717, 1.165) is 11.1 Å². The summed E-state index contributed by atoms with van der Waals surface area (Å²) in [4.78, 5) is 0. The van der Waals surface area contributed by atoms with Gasteiger partial charge in [0, 0.05) is 11.1 Å². The van der Waals surface area contributed by atoms with E-state index < -0.39 is 6.10 Å². The highest BCUT2D eigenvalue weighted by Gasteiger charge is 1.98. The van der Waals surface area contributed by atoms with Crippen LogP contribution in [0.15, 0.2) is 48.5 Å². The number of halogens is 1. The zero-order valence-corrected chi connectivity index (χ0v) is 10.0. The van der Waals surface area contributed by atoms with Crippen LogP contribution in [0.1, 0.15) is 29.7 Å². The zero-order chi connectivity index (χ0) is 13.0. The Hall–Kier alpha value is -2.11. The molecule has 2 heteroatoms. The Morgan fingerprint density at radius 1 is 1.00 bits per heavy atom. The van der Waals surface area contributed by atoms with Crippen molar-refractivity contribution in [1.82, 2.24) is 0 Å². The summed E-state index contributed by atoms with van der Waals surface area (Å²) < 4.78 is 12.9. The highest BCUT2D eigenvalue weighted by molar-refractivity contribution is 5.43. The molecule has 0 heterocycles. The van der Waals surface area contributed by atoms with Crippen LogP contribution in [-0.4, -0.2) is 5.11 Å². The number of aliphatic hydroxyl groups is 1. The Morgan fingerprint density at radius 3 is 2.28 bits per heavy atom. The Bertz CT molecular complexity index is 588. The lowest BCUT2D eigenvalue weighted by Crippen LogP contribution is -1.89. The third kappa shape index (κ3) is 3.19. The summed E-state index contributed by atoms with van der Waals surface area (Å²) >= 11 is 0. The highest BCUT2D eigenvalue weighted by Crippen LogP contribution is 2.12. The van der Waals surface area contributed by atoms with Gasteiger partial charge in [-0.15, -0.1) is 0 Å². The first-order valence-corrected chi connectivity index (χ1v) is 5.71. The molecule has 0 spiro atoms. The van der Waals surface area contributed by atoms with Gasteiger partial charge in [0.25, 0.3) is 0 Å². The van der Waals surface area contributed by atoms with Crippen molar-refractivity contribution in [1.29, 1.82) is 0 Å². The molecule has 0 bridgehead atoms. The van der Waals surface area contributed by atoms with Gasteiger partial charge < -0.3 is 5.11 Å². The van der Waals surface area contributed by atoms with Crippen LogP contribution in [0.4, 0.5) is 4.39 Å².